The third-order valence-electron chi connectivity index (χ3n) is 5.23. The van der Waals surface area contributed by atoms with Gasteiger partial charge in [-0.05, 0) is 53.9 Å². The maximum atomic E-state index is 9.55. The third kappa shape index (κ3) is 8.90. The number of hydrogen-bond donors (Lipinski definition) is 3. The predicted octanol–water partition coefficient (Wildman–Crippen LogP) is 4.92. The van der Waals surface area contributed by atoms with Gasteiger partial charge in [-0.2, -0.15) is 0 Å². The highest BCUT2D eigenvalue weighted by molar-refractivity contribution is 5.94. The monoisotopic (exact) mass is 530 g/mol. The molecule has 0 saturated heterocycles. The van der Waals surface area contributed by atoms with Crippen molar-refractivity contribution in [3.05, 3.63) is 79.1 Å². The minimum atomic E-state index is -1.26. The molecule has 4 aromatic rings. The van der Waals surface area contributed by atoms with Crippen LogP contribution in [0.25, 0.3) is 33.4 Å². The van der Waals surface area contributed by atoms with Crippen LogP contribution in [0.3, 0.4) is 0 Å². The van der Waals surface area contributed by atoms with Crippen molar-refractivity contribution in [3.8, 4) is 28.3 Å². The minimum absolute atomic E-state index is 0.538. The van der Waals surface area contributed by atoms with Gasteiger partial charge in [-0.25, -0.2) is 19.6 Å². The largest absolute Gasteiger partial charge is 0.491 e. The first-order chi connectivity index (χ1) is 18.9. The summed E-state index contributed by atoms with van der Waals surface area (Å²) >= 11 is 0. The second-order valence-electron chi connectivity index (χ2n) is 8.12. The molecule has 0 aliphatic carbocycles. The first kappa shape index (κ1) is 28.7. The molecule has 0 aliphatic heterocycles. The van der Waals surface area contributed by atoms with Gasteiger partial charge < -0.3 is 25.0 Å². The Hall–Kier alpha value is -4.83. The first-order valence-corrected chi connectivity index (χ1v) is 12.3. The molecular weight excluding hydrogens is 500 g/mol. The average Bonchev–Trinajstić information content (AvgIpc) is 2.96. The molecule has 0 fully saturated rings. The van der Waals surface area contributed by atoms with Crippen LogP contribution in [0.5, 0.6) is 5.75 Å². The molecule has 0 unspecified atom stereocenters. The maximum Gasteiger partial charge on any atom is 0.328 e. The summed E-state index contributed by atoms with van der Waals surface area (Å²) in [6.45, 7) is 3.99. The molecule has 4 rings (SSSR count). The molecule has 0 aliphatic rings. The van der Waals surface area contributed by atoms with Crippen LogP contribution in [0, 0.1) is 0 Å². The average molecular weight is 531 g/mol. The molecule has 3 N–H and O–H groups in total. The highest BCUT2D eigenvalue weighted by Gasteiger charge is 2.11. The lowest BCUT2D eigenvalue weighted by Gasteiger charge is -2.11. The van der Waals surface area contributed by atoms with Crippen molar-refractivity contribution in [2.75, 3.05) is 32.2 Å². The summed E-state index contributed by atoms with van der Waals surface area (Å²) in [4.78, 5) is 32.7. The van der Waals surface area contributed by atoms with E-state index in [0.29, 0.717) is 31.2 Å². The molecule has 0 amide bonds. The summed E-state index contributed by atoms with van der Waals surface area (Å²) in [5.74, 6) is -0.251. The quantitative estimate of drug-likeness (QED) is 0.181. The Bertz CT molecular complexity index is 1410. The summed E-state index contributed by atoms with van der Waals surface area (Å²) in [5, 5.41) is 19.8. The van der Waals surface area contributed by atoms with E-state index in [2.05, 4.69) is 35.4 Å². The zero-order valence-corrected chi connectivity index (χ0v) is 21.7. The Morgan fingerprint density at radius 3 is 2.31 bits per heavy atom. The number of aliphatic carboxylic acids is 2. The lowest BCUT2D eigenvalue weighted by Crippen LogP contribution is -2.07. The highest BCUT2D eigenvalue weighted by Crippen LogP contribution is 2.30. The number of benzene rings is 2. The molecule has 10 nitrogen and oxygen atoms in total. The van der Waals surface area contributed by atoms with Crippen molar-refractivity contribution in [2.24, 2.45) is 0 Å². The standard InChI is InChI=1S/C25H26N4O2.C4H4O4/c1-3-12-30-13-14-31-21-8-4-6-18(15-21)19-9-10-23-22(16-19)25(26-2)29-24(28-23)20-7-5-11-27-17-20;5-3(6)1-2-4(7)8/h4-11,15-17H,3,12-14H2,1-2H3,(H,26,28,29);1-2H,(H,5,6)(H,7,8)/b;2-1+. The van der Waals surface area contributed by atoms with Gasteiger partial charge in [0.05, 0.1) is 12.1 Å². The van der Waals surface area contributed by atoms with Gasteiger partial charge in [0, 0.05) is 49.1 Å². The van der Waals surface area contributed by atoms with Gasteiger partial charge in [0.1, 0.15) is 18.2 Å². The Labute approximate surface area is 226 Å². The number of fused-ring (bicyclic) bond motifs is 1. The zero-order valence-electron chi connectivity index (χ0n) is 21.7. The predicted molar refractivity (Wildman–Crippen MR) is 149 cm³/mol. The van der Waals surface area contributed by atoms with Gasteiger partial charge in [0.2, 0.25) is 0 Å². The first-order valence-electron chi connectivity index (χ1n) is 12.3. The van der Waals surface area contributed by atoms with Gasteiger partial charge in [-0.15, -0.1) is 0 Å². The molecule has 0 saturated carbocycles. The number of ether oxygens (including phenoxy) is 2. The minimum Gasteiger partial charge on any atom is -0.491 e. The van der Waals surface area contributed by atoms with Crippen molar-refractivity contribution in [1.82, 2.24) is 15.0 Å². The molecular formula is C29H30N4O6. The van der Waals surface area contributed by atoms with Gasteiger partial charge in [-0.1, -0.05) is 25.1 Å². The van der Waals surface area contributed by atoms with E-state index >= 15 is 0 Å². The van der Waals surface area contributed by atoms with Crippen molar-refractivity contribution in [2.45, 2.75) is 13.3 Å². The molecule has 0 atom stereocenters. The highest BCUT2D eigenvalue weighted by atomic mass is 16.5. The Morgan fingerprint density at radius 2 is 1.64 bits per heavy atom. The van der Waals surface area contributed by atoms with E-state index < -0.39 is 11.9 Å². The fourth-order valence-electron chi connectivity index (χ4n) is 3.50. The van der Waals surface area contributed by atoms with Crippen LogP contribution in [0.4, 0.5) is 5.82 Å². The Morgan fingerprint density at radius 1 is 0.897 bits per heavy atom. The van der Waals surface area contributed by atoms with Crippen LogP contribution in [0.15, 0.2) is 79.1 Å². The summed E-state index contributed by atoms with van der Waals surface area (Å²) in [7, 11) is 1.87. The lowest BCUT2D eigenvalue weighted by molar-refractivity contribution is -0.134. The normalized spacial score (nSPS) is 10.6. The molecule has 0 bridgehead atoms. The fourth-order valence-corrected chi connectivity index (χ4v) is 3.50. The number of nitrogens with zero attached hydrogens (tertiary/aromatic N) is 3. The maximum absolute atomic E-state index is 9.55. The molecule has 2 aromatic heterocycles. The third-order valence-corrected chi connectivity index (χ3v) is 5.23. The SMILES string of the molecule is CCCOCCOc1cccc(-c2ccc3nc(-c4cccnc4)nc(NC)c3c2)c1.O=C(O)/C=C/C(=O)O. The zero-order chi connectivity index (χ0) is 28.0. The van der Waals surface area contributed by atoms with E-state index in [1.807, 2.05) is 43.4 Å². The lowest BCUT2D eigenvalue weighted by atomic mass is 10.0. The number of rotatable bonds is 11. The second kappa shape index (κ2) is 14.8. The van der Waals surface area contributed by atoms with E-state index in [1.165, 1.54) is 0 Å². The summed E-state index contributed by atoms with van der Waals surface area (Å²) in [6, 6.07) is 18.1. The molecule has 202 valence electrons. The number of carbonyl (C=O) groups is 2. The van der Waals surface area contributed by atoms with E-state index in [-0.39, 0.29) is 0 Å². The summed E-state index contributed by atoms with van der Waals surface area (Å²) in [5.41, 5.74) is 3.92. The molecule has 0 spiro atoms. The van der Waals surface area contributed by atoms with E-state index in [9.17, 15) is 9.59 Å². The number of anilines is 1. The Balaban J connectivity index is 0.000000459. The van der Waals surface area contributed by atoms with E-state index in [4.69, 9.17) is 29.7 Å². The topological polar surface area (TPSA) is 144 Å². The van der Waals surface area contributed by atoms with Crippen LogP contribution >= 0.6 is 0 Å². The Kier molecular flexibility index (Phi) is 10.9. The van der Waals surface area contributed by atoms with Crippen molar-refractivity contribution < 1.29 is 29.3 Å². The summed E-state index contributed by atoms with van der Waals surface area (Å²) < 4.78 is 11.3. The number of carboxylic acid groups (broad SMARTS) is 2. The molecule has 2 aromatic carbocycles. The van der Waals surface area contributed by atoms with Crippen LogP contribution < -0.4 is 10.1 Å². The van der Waals surface area contributed by atoms with E-state index in [1.54, 1.807) is 12.4 Å². The van der Waals surface area contributed by atoms with Crippen LogP contribution in [-0.2, 0) is 14.3 Å². The number of carboxylic acids is 2. The second-order valence-corrected chi connectivity index (χ2v) is 8.12. The van der Waals surface area contributed by atoms with Gasteiger partial charge in [0.15, 0.2) is 5.82 Å². The van der Waals surface area contributed by atoms with Crippen LogP contribution in [0.1, 0.15) is 13.3 Å². The number of hydrogen-bond acceptors (Lipinski definition) is 8. The van der Waals surface area contributed by atoms with Gasteiger partial charge in [-0.3, -0.25) is 4.98 Å². The molecule has 39 heavy (non-hydrogen) atoms. The number of nitrogens with one attached hydrogen (secondary N) is 1. The van der Waals surface area contributed by atoms with Crippen molar-refractivity contribution in [3.63, 3.8) is 0 Å². The van der Waals surface area contributed by atoms with Crippen LogP contribution in [0.2, 0.25) is 0 Å². The summed E-state index contributed by atoms with van der Waals surface area (Å²) in [6.07, 6.45) is 5.64. The molecule has 10 heteroatoms. The molecule has 0 radical (unpaired) electrons. The van der Waals surface area contributed by atoms with Crippen molar-refractivity contribution in [1.29, 1.82) is 0 Å². The smallest absolute Gasteiger partial charge is 0.328 e. The van der Waals surface area contributed by atoms with Crippen molar-refractivity contribution >= 4 is 28.7 Å². The number of aromatic nitrogens is 3. The molecule has 2 heterocycles. The van der Waals surface area contributed by atoms with Gasteiger partial charge >= 0.3 is 11.9 Å². The van der Waals surface area contributed by atoms with E-state index in [0.717, 1.165) is 52.2 Å². The fraction of sp³-hybridized carbons (Fsp3) is 0.207. The van der Waals surface area contributed by atoms with Gasteiger partial charge in [0.25, 0.3) is 0 Å². The van der Waals surface area contributed by atoms with Crippen LogP contribution in [-0.4, -0.2) is 64.0 Å². The number of pyridine rings is 1.